The minimum Gasteiger partial charge on any atom is -0.322 e. The number of hydrogen-bond acceptors (Lipinski definition) is 3. The van der Waals surface area contributed by atoms with E-state index in [-0.39, 0.29) is 22.0 Å². The molecule has 6 nitrogen and oxygen atoms in total. The van der Waals surface area contributed by atoms with Gasteiger partial charge in [0.2, 0.25) is 5.91 Å². The zero-order chi connectivity index (χ0) is 23.2. The molecule has 0 aliphatic heterocycles. The highest BCUT2D eigenvalue weighted by molar-refractivity contribution is 9.10. The van der Waals surface area contributed by atoms with Crippen LogP contribution in [0.2, 0.25) is 5.02 Å². The average molecular weight is 535 g/mol. The molecule has 0 saturated heterocycles. The van der Waals surface area contributed by atoms with E-state index in [0.29, 0.717) is 16.9 Å². The predicted molar refractivity (Wildman–Crippen MR) is 113 cm³/mol. The lowest BCUT2D eigenvalue weighted by Crippen LogP contribution is -2.26. The molecule has 1 saturated carbocycles. The minimum atomic E-state index is -4.63. The summed E-state index contributed by atoms with van der Waals surface area (Å²) in [5, 5.41) is 10.7. The average Bonchev–Trinajstić information content (AvgIpc) is 3.34. The van der Waals surface area contributed by atoms with E-state index >= 15 is 0 Å². The Morgan fingerprint density at radius 2 is 2.09 bits per heavy atom. The van der Waals surface area contributed by atoms with Crippen molar-refractivity contribution in [2.75, 3.05) is 5.32 Å². The summed E-state index contributed by atoms with van der Waals surface area (Å²) in [6.07, 6.45) is -0.188. The highest BCUT2D eigenvalue weighted by atomic mass is 79.9. The van der Waals surface area contributed by atoms with Crippen LogP contribution in [0.4, 0.5) is 23.2 Å². The van der Waals surface area contributed by atoms with Crippen LogP contribution in [0.3, 0.4) is 0 Å². The Labute approximate surface area is 193 Å². The van der Waals surface area contributed by atoms with Crippen molar-refractivity contribution in [3.05, 3.63) is 62.9 Å². The number of benzene rings is 1. The number of alkyl halides is 3. The summed E-state index contributed by atoms with van der Waals surface area (Å²) in [5.41, 5.74) is 0.331. The number of anilines is 1. The summed E-state index contributed by atoms with van der Waals surface area (Å²) in [4.78, 5) is 12.8. The zero-order valence-electron chi connectivity index (χ0n) is 16.6. The first-order valence-corrected chi connectivity index (χ1v) is 10.8. The Morgan fingerprint density at radius 1 is 1.38 bits per heavy atom. The molecule has 0 spiro atoms. The Kier molecular flexibility index (Phi) is 6.06. The second-order valence-electron chi connectivity index (χ2n) is 7.59. The van der Waals surface area contributed by atoms with Gasteiger partial charge in [-0.3, -0.25) is 14.2 Å². The number of nitrogens with one attached hydrogen (secondary N) is 1. The van der Waals surface area contributed by atoms with Crippen LogP contribution in [-0.4, -0.2) is 25.5 Å². The van der Waals surface area contributed by atoms with Gasteiger partial charge in [-0.1, -0.05) is 17.7 Å². The summed E-state index contributed by atoms with van der Waals surface area (Å²) in [7, 11) is 0. The van der Waals surface area contributed by atoms with Gasteiger partial charge >= 0.3 is 6.18 Å². The van der Waals surface area contributed by atoms with E-state index in [1.165, 1.54) is 36.0 Å². The van der Waals surface area contributed by atoms with Crippen molar-refractivity contribution in [3.8, 4) is 0 Å². The Balaban J connectivity index is 1.50. The van der Waals surface area contributed by atoms with Crippen molar-refractivity contribution in [2.24, 2.45) is 0 Å². The number of amides is 1. The molecule has 170 valence electrons. The number of rotatable bonds is 6. The fourth-order valence-electron chi connectivity index (χ4n) is 3.32. The molecule has 2 aromatic heterocycles. The van der Waals surface area contributed by atoms with Gasteiger partial charge in [0.05, 0.1) is 28.6 Å². The van der Waals surface area contributed by atoms with Crippen molar-refractivity contribution in [1.29, 1.82) is 0 Å². The highest BCUT2D eigenvalue weighted by Gasteiger charge is 2.43. The van der Waals surface area contributed by atoms with Gasteiger partial charge in [-0.2, -0.15) is 23.4 Å². The molecule has 0 bridgehead atoms. The summed E-state index contributed by atoms with van der Waals surface area (Å²) in [6.45, 7) is 1.74. The second kappa shape index (κ2) is 8.51. The smallest absolute Gasteiger partial charge is 0.322 e. The third kappa shape index (κ3) is 4.68. The molecule has 4 rings (SSSR count). The van der Waals surface area contributed by atoms with Crippen LogP contribution in [0.1, 0.15) is 48.7 Å². The summed E-state index contributed by atoms with van der Waals surface area (Å²) < 4.78 is 55.7. The molecule has 1 atom stereocenters. The monoisotopic (exact) mass is 533 g/mol. The van der Waals surface area contributed by atoms with Gasteiger partial charge in [0.25, 0.3) is 0 Å². The lowest BCUT2D eigenvalue weighted by Gasteiger charge is -2.15. The molecule has 2 heterocycles. The zero-order valence-corrected chi connectivity index (χ0v) is 19.0. The fraction of sp³-hybridized carbons (Fsp3) is 0.350. The summed E-state index contributed by atoms with van der Waals surface area (Å²) in [5.74, 6) is -1.05. The van der Waals surface area contributed by atoms with E-state index < -0.39 is 29.6 Å². The number of halogens is 6. The first-order valence-electron chi connectivity index (χ1n) is 9.67. The lowest BCUT2D eigenvalue weighted by molar-refractivity contribution is -0.142. The third-order valence-corrected chi connectivity index (χ3v) is 6.25. The number of carbonyl (C=O) groups excluding carboxylic acids is 1. The normalized spacial score (nSPS) is 15.1. The van der Waals surface area contributed by atoms with Gasteiger partial charge in [0, 0.05) is 17.1 Å². The maximum Gasteiger partial charge on any atom is 0.436 e. The summed E-state index contributed by atoms with van der Waals surface area (Å²) >= 11 is 9.05. The van der Waals surface area contributed by atoms with Gasteiger partial charge in [-0.05, 0) is 53.4 Å². The number of hydrogen-bond donors (Lipinski definition) is 1. The second-order valence-corrected chi connectivity index (χ2v) is 8.79. The van der Waals surface area contributed by atoms with Crippen molar-refractivity contribution in [3.63, 3.8) is 0 Å². The van der Waals surface area contributed by atoms with Crippen molar-refractivity contribution >= 4 is 39.1 Å². The molecular formula is C20H17BrClF4N5O. The van der Waals surface area contributed by atoms with E-state index in [0.717, 1.165) is 17.5 Å². The number of nitrogens with zero attached hydrogens (tertiary/aromatic N) is 4. The quantitative estimate of drug-likeness (QED) is 0.408. The van der Waals surface area contributed by atoms with Crippen molar-refractivity contribution < 1.29 is 22.4 Å². The largest absolute Gasteiger partial charge is 0.436 e. The third-order valence-electron chi connectivity index (χ3n) is 5.11. The summed E-state index contributed by atoms with van der Waals surface area (Å²) in [6, 6.07) is 3.03. The Hall–Kier alpha value is -2.40. The molecule has 3 aromatic rings. The van der Waals surface area contributed by atoms with Crippen LogP contribution >= 0.6 is 27.5 Å². The fourth-order valence-corrected chi connectivity index (χ4v) is 4.36. The SMILES string of the molecule is CC(C(=O)Nc1cnn(Cc2ccc(F)cc2Cl)c1)n1nc(C(F)(F)F)c(Br)c1C1CC1. The molecule has 1 N–H and O–H groups in total. The Morgan fingerprint density at radius 3 is 2.72 bits per heavy atom. The predicted octanol–water partition coefficient (Wildman–Crippen LogP) is 5.78. The van der Waals surface area contributed by atoms with E-state index in [4.69, 9.17) is 11.6 Å². The molecule has 1 unspecified atom stereocenters. The standard InChI is InChI=1S/C20H17BrClF4N5O/c1-10(31-17(11-2-3-11)16(21)18(29-31)20(24,25)26)19(32)28-14-7-27-30(9-14)8-12-4-5-13(23)6-15(12)22/h4-7,9-11H,2-3,8H2,1H3,(H,28,32). The molecule has 1 aliphatic rings. The van der Waals surface area contributed by atoms with Gasteiger partial charge < -0.3 is 5.32 Å². The maximum atomic E-state index is 13.3. The van der Waals surface area contributed by atoms with Gasteiger partial charge in [0.1, 0.15) is 11.9 Å². The van der Waals surface area contributed by atoms with E-state index in [9.17, 15) is 22.4 Å². The van der Waals surface area contributed by atoms with Crippen LogP contribution in [0.15, 0.2) is 35.1 Å². The number of aromatic nitrogens is 4. The molecule has 1 amide bonds. The van der Waals surface area contributed by atoms with Crippen LogP contribution in [0, 0.1) is 5.82 Å². The van der Waals surface area contributed by atoms with Crippen LogP contribution in [0.25, 0.3) is 0 Å². The Bertz CT molecular complexity index is 1170. The molecule has 12 heteroatoms. The first kappa shape index (κ1) is 22.8. The number of carbonyl (C=O) groups is 1. The van der Waals surface area contributed by atoms with Crippen LogP contribution < -0.4 is 5.32 Å². The van der Waals surface area contributed by atoms with Gasteiger partial charge in [-0.25, -0.2) is 4.39 Å². The lowest BCUT2D eigenvalue weighted by atomic mass is 10.2. The van der Waals surface area contributed by atoms with Crippen LogP contribution in [0.5, 0.6) is 0 Å². The van der Waals surface area contributed by atoms with Crippen molar-refractivity contribution in [1.82, 2.24) is 19.6 Å². The van der Waals surface area contributed by atoms with Gasteiger partial charge in [0.15, 0.2) is 5.69 Å². The van der Waals surface area contributed by atoms with E-state index in [1.807, 2.05) is 0 Å². The highest BCUT2D eigenvalue weighted by Crippen LogP contribution is 2.47. The molecule has 32 heavy (non-hydrogen) atoms. The van der Waals surface area contributed by atoms with Crippen molar-refractivity contribution in [2.45, 2.75) is 44.4 Å². The molecule has 0 radical (unpaired) electrons. The van der Waals surface area contributed by atoms with E-state index in [2.05, 4.69) is 31.4 Å². The first-order chi connectivity index (χ1) is 15.0. The maximum absolute atomic E-state index is 13.3. The topological polar surface area (TPSA) is 64.7 Å². The molecule has 1 aliphatic carbocycles. The minimum absolute atomic E-state index is 0.0635. The van der Waals surface area contributed by atoms with E-state index in [1.54, 1.807) is 6.20 Å². The molecule has 1 fully saturated rings. The van der Waals surface area contributed by atoms with Gasteiger partial charge in [-0.15, -0.1) is 0 Å². The van der Waals surface area contributed by atoms with Crippen LogP contribution in [-0.2, 0) is 17.5 Å². The molecular weight excluding hydrogens is 518 g/mol. The molecule has 1 aromatic carbocycles.